The zero-order valence-electron chi connectivity index (χ0n) is 13.0. The predicted molar refractivity (Wildman–Crippen MR) is 86.1 cm³/mol. The number of allylic oxidation sites excluding steroid dienone is 1. The van der Waals surface area contributed by atoms with Gasteiger partial charge in [0.15, 0.2) is 0 Å². The van der Waals surface area contributed by atoms with Gasteiger partial charge in [-0.2, -0.15) is 0 Å². The van der Waals surface area contributed by atoms with Gasteiger partial charge in [0.05, 0.1) is 0 Å². The van der Waals surface area contributed by atoms with Crippen molar-refractivity contribution in [2.24, 2.45) is 0 Å². The van der Waals surface area contributed by atoms with Crippen LogP contribution in [-0.4, -0.2) is 8.80 Å². The Kier molecular flexibility index (Phi) is 7.33. The first-order chi connectivity index (χ1) is 9.61. The molecule has 0 spiro atoms. The Morgan fingerprint density at radius 3 is 2.14 bits per heavy atom. The molecule has 0 radical (unpaired) electrons. The fourth-order valence-corrected chi connectivity index (χ4v) is 6.66. The van der Waals surface area contributed by atoms with Crippen molar-refractivity contribution in [1.29, 1.82) is 0 Å². The largest absolute Gasteiger partial charge is 1.00 e. The van der Waals surface area contributed by atoms with Crippen LogP contribution in [0.15, 0.2) is 54.1 Å². The Balaban J connectivity index is 0.00000121. The SMILES string of the molecule is CC1=C([SiH](C)C)c2c(-c3ccccc3)cccc2[CH]1[Zr+2].[Cl-].[Cl-]. The van der Waals surface area contributed by atoms with E-state index in [0.29, 0.717) is 3.63 Å². The van der Waals surface area contributed by atoms with E-state index < -0.39 is 8.80 Å². The fourth-order valence-electron chi connectivity index (χ4n) is 3.30. The second-order valence-electron chi connectivity index (χ2n) is 5.82. The van der Waals surface area contributed by atoms with Crippen molar-refractivity contribution < 1.29 is 49.5 Å². The zero-order chi connectivity index (χ0) is 14.3. The molecule has 2 aromatic rings. The van der Waals surface area contributed by atoms with Crippen LogP contribution in [0.4, 0.5) is 0 Å². The summed E-state index contributed by atoms with van der Waals surface area (Å²) in [4.78, 5) is 0. The normalized spacial score (nSPS) is 16.2. The number of fused-ring (bicyclic) bond motifs is 1. The first-order valence-electron chi connectivity index (χ1n) is 7.21. The predicted octanol–water partition coefficient (Wildman–Crippen LogP) is -1.24. The molecule has 0 heterocycles. The average Bonchev–Trinajstić information content (AvgIpc) is 2.72. The van der Waals surface area contributed by atoms with E-state index >= 15 is 0 Å². The monoisotopic (exact) mass is 423 g/mol. The molecule has 0 aliphatic heterocycles. The molecule has 0 fully saturated rings. The molecule has 3 rings (SSSR count). The van der Waals surface area contributed by atoms with Gasteiger partial charge in [0.25, 0.3) is 0 Å². The zero-order valence-corrected chi connectivity index (χ0v) is 18.2. The molecule has 2 aromatic carbocycles. The Bertz CT molecular complexity index is 681. The molecule has 0 N–H and O–H groups in total. The van der Waals surface area contributed by atoms with Crippen LogP contribution in [0.3, 0.4) is 0 Å². The first-order valence-corrected chi connectivity index (χ1v) is 11.5. The van der Waals surface area contributed by atoms with Crippen LogP contribution in [0, 0.1) is 0 Å². The molecule has 0 saturated carbocycles. The van der Waals surface area contributed by atoms with Crippen molar-refractivity contribution in [1.82, 2.24) is 0 Å². The van der Waals surface area contributed by atoms with E-state index in [9.17, 15) is 0 Å². The van der Waals surface area contributed by atoms with Gasteiger partial charge in [0, 0.05) is 0 Å². The molecule has 0 bridgehead atoms. The summed E-state index contributed by atoms with van der Waals surface area (Å²) in [5, 5.41) is 1.71. The first kappa shape index (κ1) is 19.9. The van der Waals surface area contributed by atoms with Gasteiger partial charge in [-0.15, -0.1) is 0 Å². The molecule has 4 heteroatoms. The third-order valence-corrected chi connectivity index (χ3v) is 7.92. The standard InChI is InChI=1S/C18H19Si.2ClH.Zr/c1-13-12-15-10-7-11-16(14-8-5-4-6-9-14)17(15)18(13)19(2)3;;;/h4-12,19H,1-3H3;2*1H;/q;;;+2/p-2. The molecule has 0 aromatic heterocycles. The average molecular weight is 426 g/mol. The molecule has 1 aliphatic carbocycles. The van der Waals surface area contributed by atoms with Crippen LogP contribution in [0.1, 0.15) is 21.7 Å². The minimum absolute atomic E-state index is 0. The summed E-state index contributed by atoms with van der Waals surface area (Å²) in [6, 6.07) is 17.7. The minimum Gasteiger partial charge on any atom is -1.00 e. The van der Waals surface area contributed by atoms with E-state index in [-0.39, 0.29) is 24.8 Å². The van der Waals surface area contributed by atoms with E-state index in [1.165, 1.54) is 11.1 Å². The molecule has 0 saturated heterocycles. The van der Waals surface area contributed by atoms with Crippen LogP contribution in [0.5, 0.6) is 0 Å². The van der Waals surface area contributed by atoms with Gasteiger partial charge in [-0.3, -0.25) is 0 Å². The van der Waals surface area contributed by atoms with Crippen molar-refractivity contribution in [3.8, 4) is 11.1 Å². The van der Waals surface area contributed by atoms with E-state index in [1.807, 2.05) is 0 Å². The maximum absolute atomic E-state index is 2.46. The number of benzene rings is 2. The van der Waals surface area contributed by atoms with Gasteiger partial charge < -0.3 is 24.8 Å². The summed E-state index contributed by atoms with van der Waals surface area (Å²) >= 11 is 1.62. The maximum Gasteiger partial charge on any atom is -1.00 e. The Hall–Kier alpha value is -0.140. The van der Waals surface area contributed by atoms with Gasteiger partial charge in [0.1, 0.15) is 0 Å². The third-order valence-electron chi connectivity index (χ3n) is 4.20. The van der Waals surface area contributed by atoms with Gasteiger partial charge in [-0.05, 0) is 0 Å². The number of hydrogen-bond acceptors (Lipinski definition) is 0. The van der Waals surface area contributed by atoms with Crippen LogP contribution in [-0.2, 0) is 24.7 Å². The van der Waals surface area contributed by atoms with Crippen molar-refractivity contribution in [3.05, 3.63) is 65.2 Å². The van der Waals surface area contributed by atoms with Crippen molar-refractivity contribution in [2.75, 3.05) is 0 Å². The minimum atomic E-state index is -0.814. The Morgan fingerprint density at radius 1 is 0.909 bits per heavy atom. The maximum atomic E-state index is 2.46. The number of rotatable bonds is 2. The molecule has 22 heavy (non-hydrogen) atoms. The van der Waals surface area contributed by atoms with Gasteiger partial charge in [-0.1, -0.05) is 0 Å². The molecule has 0 nitrogen and oxygen atoms in total. The molecule has 1 aliphatic rings. The van der Waals surface area contributed by atoms with Gasteiger partial charge >= 0.3 is 139 Å². The number of halogens is 2. The van der Waals surface area contributed by atoms with Crippen LogP contribution in [0.25, 0.3) is 16.3 Å². The molecular formula is C18H19Cl2SiZr. The second kappa shape index (κ2) is 8.11. The summed E-state index contributed by atoms with van der Waals surface area (Å²) in [5.41, 5.74) is 7.57. The van der Waals surface area contributed by atoms with E-state index in [4.69, 9.17) is 0 Å². The van der Waals surface area contributed by atoms with Gasteiger partial charge in [-0.25, -0.2) is 0 Å². The van der Waals surface area contributed by atoms with Crippen LogP contribution >= 0.6 is 0 Å². The Labute approximate surface area is 162 Å². The second-order valence-corrected chi connectivity index (χ2v) is 10.1. The smallest absolute Gasteiger partial charge is 1.00 e. The summed E-state index contributed by atoms with van der Waals surface area (Å²) in [7, 11) is -0.814. The third kappa shape index (κ3) is 3.36. The van der Waals surface area contributed by atoms with E-state index in [1.54, 1.807) is 46.6 Å². The molecule has 1 unspecified atom stereocenters. The molecule has 0 amide bonds. The van der Waals surface area contributed by atoms with E-state index in [2.05, 4.69) is 68.5 Å². The van der Waals surface area contributed by atoms with Crippen LogP contribution in [0.2, 0.25) is 13.1 Å². The summed E-state index contributed by atoms with van der Waals surface area (Å²) in [5.74, 6) is 0. The Morgan fingerprint density at radius 2 is 1.55 bits per heavy atom. The number of hydrogen-bond donors (Lipinski definition) is 0. The van der Waals surface area contributed by atoms with Gasteiger partial charge in [0.2, 0.25) is 0 Å². The molecule has 1 atom stereocenters. The van der Waals surface area contributed by atoms with Crippen molar-refractivity contribution >= 4 is 14.0 Å². The quantitative estimate of drug-likeness (QED) is 0.529. The summed E-state index contributed by atoms with van der Waals surface area (Å²) in [6.45, 7) is 7.27. The fraction of sp³-hybridized carbons (Fsp3) is 0.222. The summed E-state index contributed by atoms with van der Waals surface area (Å²) in [6.07, 6.45) is 0. The van der Waals surface area contributed by atoms with Crippen molar-refractivity contribution in [3.63, 3.8) is 0 Å². The topological polar surface area (TPSA) is 0 Å². The molecule has 113 valence electrons. The molecular weight excluding hydrogens is 406 g/mol. The van der Waals surface area contributed by atoms with Crippen molar-refractivity contribution in [2.45, 2.75) is 23.6 Å². The summed E-state index contributed by atoms with van der Waals surface area (Å²) < 4.78 is 0.672. The van der Waals surface area contributed by atoms with E-state index in [0.717, 1.165) is 0 Å². The van der Waals surface area contributed by atoms with Crippen LogP contribution < -0.4 is 24.8 Å².